The molecule has 0 aliphatic rings. The molecule has 0 radical (unpaired) electrons. The van der Waals surface area contributed by atoms with Crippen LogP contribution in [0.4, 0.5) is 23.7 Å². The van der Waals surface area contributed by atoms with Gasteiger partial charge in [0.1, 0.15) is 5.75 Å². The molecule has 0 bridgehead atoms. The van der Waals surface area contributed by atoms with Crippen LogP contribution in [0.2, 0.25) is 0 Å². The molecule has 0 aliphatic carbocycles. The van der Waals surface area contributed by atoms with Gasteiger partial charge in [0.05, 0.1) is 0 Å². The lowest BCUT2D eigenvalue weighted by Gasteiger charge is -2.33. The monoisotopic (exact) mass is 368 g/mol. The van der Waals surface area contributed by atoms with Crippen LogP contribution >= 0.6 is 0 Å². The maximum absolute atomic E-state index is 13.8. The molecule has 1 atom stereocenters. The van der Waals surface area contributed by atoms with Gasteiger partial charge in [0.15, 0.2) is 0 Å². The number of para-hydroxylation sites is 1. The number of urea groups is 1. The van der Waals surface area contributed by atoms with Crippen molar-refractivity contribution in [2.75, 3.05) is 5.32 Å². The number of anilines is 1. The molecule has 2 amide bonds. The predicted molar refractivity (Wildman–Crippen MR) is 86.8 cm³/mol. The third kappa shape index (κ3) is 3.56. The SMILES string of the molecule is Cc1cc(C(Oc2ccccc2)(C(=O)O)C(F)(F)F)ccc1NC(N)=O. The first-order chi connectivity index (χ1) is 12.1. The molecule has 0 saturated carbocycles. The Morgan fingerprint density at radius 3 is 2.19 bits per heavy atom. The number of ether oxygens (including phenoxy) is 1. The van der Waals surface area contributed by atoms with E-state index in [9.17, 15) is 27.9 Å². The van der Waals surface area contributed by atoms with Gasteiger partial charge in [0.25, 0.3) is 0 Å². The number of carbonyl (C=O) groups excluding carboxylic acids is 1. The third-order valence-electron chi connectivity index (χ3n) is 3.61. The highest BCUT2D eigenvalue weighted by atomic mass is 19.4. The van der Waals surface area contributed by atoms with E-state index < -0.39 is 29.3 Å². The molecule has 138 valence electrons. The minimum Gasteiger partial charge on any atom is -0.478 e. The van der Waals surface area contributed by atoms with E-state index in [-0.39, 0.29) is 17.0 Å². The van der Waals surface area contributed by atoms with Gasteiger partial charge in [-0.05, 0) is 36.8 Å². The van der Waals surface area contributed by atoms with Crippen LogP contribution in [0.1, 0.15) is 11.1 Å². The van der Waals surface area contributed by atoms with Crippen LogP contribution in [0, 0.1) is 6.92 Å². The molecular formula is C17H15F3N2O4. The van der Waals surface area contributed by atoms with Gasteiger partial charge in [0.2, 0.25) is 0 Å². The Kier molecular flexibility index (Phi) is 5.10. The molecule has 1 unspecified atom stereocenters. The first-order valence-electron chi connectivity index (χ1n) is 7.29. The summed E-state index contributed by atoms with van der Waals surface area (Å²) in [6.45, 7) is 1.40. The van der Waals surface area contributed by atoms with Crippen molar-refractivity contribution in [3.63, 3.8) is 0 Å². The number of alkyl halides is 3. The Bertz CT molecular complexity index is 825. The number of benzene rings is 2. The summed E-state index contributed by atoms with van der Waals surface area (Å²) in [5, 5.41) is 11.7. The molecule has 0 fully saturated rings. The summed E-state index contributed by atoms with van der Waals surface area (Å²) in [5.41, 5.74) is 1.07. The van der Waals surface area contributed by atoms with Gasteiger partial charge in [0, 0.05) is 11.3 Å². The number of carboxylic acid groups (broad SMARTS) is 1. The maximum Gasteiger partial charge on any atom is 0.444 e. The van der Waals surface area contributed by atoms with Crippen LogP contribution in [-0.2, 0) is 10.4 Å². The van der Waals surface area contributed by atoms with Crippen molar-refractivity contribution in [2.45, 2.75) is 18.7 Å². The second kappa shape index (κ2) is 6.95. The molecule has 0 aliphatic heterocycles. The van der Waals surface area contributed by atoms with Crippen LogP contribution in [-0.4, -0.2) is 23.3 Å². The van der Waals surface area contributed by atoms with Crippen molar-refractivity contribution in [1.82, 2.24) is 0 Å². The molecule has 2 aromatic rings. The standard InChI is InChI=1S/C17H15F3N2O4/c1-10-9-11(7-8-13(10)22-15(21)25)16(14(23)24,17(18,19)20)26-12-5-3-2-4-6-12/h2-9H,1H3,(H,23,24)(H3,21,22,25). The molecule has 9 heteroatoms. The fourth-order valence-corrected chi connectivity index (χ4v) is 2.39. The van der Waals surface area contributed by atoms with E-state index in [4.69, 9.17) is 10.5 Å². The van der Waals surface area contributed by atoms with Gasteiger partial charge in [-0.2, -0.15) is 13.2 Å². The molecule has 0 saturated heterocycles. The summed E-state index contributed by atoms with van der Waals surface area (Å²) in [7, 11) is 0. The van der Waals surface area contributed by atoms with Gasteiger partial charge >= 0.3 is 23.8 Å². The number of aryl methyl sites for hydroxylation is 1. The Labute approximate surface area is 146 Å². The molecule has 2 rings (SSSR count). The summed E-state index contributed by atoms with van der Waals surface area (Å²) in [4.78, 5) is 22.6. The Balaban J connectivity index is 2.62. The number of carboxylic acids is 1. The number of nitrogens with two attached hydrogens (primary N) is 1. The minimum atomic E-state index is -5.26. The Hall–Kier alpha value is -3.23. The highest BCUT2D eigenvalue weighted by Gasteiger charge is 2.65. The summed E-state index contributed by atoms with van der Waals surface area (Å²) >= 11 is 0. The summed E-state index contributed by atoms with van der Waals surface area (Å²) in [6.07, 6.45) is -5.26. The molecule has 6 nitrogen and oxygen atoms in total. The highest BCUT2D eigenvalue weighted by Crippen LogP contribution is 2.44. The van der Waals surface area contributed by atoms with Crippen molar-refractivity contribution in [3.8, 4) is 5.75 Å². The topological polar surface area (TPSA) is 102 Å². The summed E-state index contributed by atoms with van der Waals surface area (Å²) < 4.78 is 46.5. The molecule has 0 spiro atoms. The molecule has 0 aromatic heterocycles. The number of hydrogen-bond donors (Lipinski definition) is 3. The summed E-state index contributed by atoms with van der Waals surface area (Å²) in [5.74, 6) is -2.48. The number of halogens is 3. The zero-order chi connectivity index (χ0) is 19.5. The van der Waals surface area contributed by atoms with E-state index in [2.05, 4.69) is 5.32 Å². The van der Waals surface area contributed by atoms with Crippen molar-refractivity contribution in [2.24, 2.45) is 5.73 Å². The van der Waals surface area contributed by atoms with Crippen LogP contribution in [0.3, 0.4) is 0 Å². The first-order valence-corrected chi connectivity index (χ1v) is 7.29. The minimum absolute atomic E-state index is 0.155. The van der Waals surface area contributed by atoms with Gasteiger partial charge in [-0.15, -0.1) is 0 Å². The number of hydrogen-bond acceptors (Lipinski definition) is 3. The largest absolute Gasteiger partial charge is 0.478 e. The lowest BCUT2D eigenvalue weighted by atomic mass is 9.91. The van der Waals surface area contributed by atoms with E-state index in [0.29, 0.717) is 0 Å². The van der Waals surface area contributed by atoms with Crippen molar-refractivity contribution >= 4 is 17.7 Å². The number of amides is 2. The number of nitrogens with one attached hydrogen (secondary N) is 1. The lowest BCUT2D eigenvalue weighted by Crippen LogP contribution is -2.54. The van der Waals surface area contributed by atoms with E-state index in [0.717, 1.165) is 18.2 Å². The van der Waals surface area contributed by atoms with E-state index in [1.807, 2.05) is 0 Å². The fourth-order valence-electron chi connectivity index (χ4n) is 2.39. The smallest absolute Gasteiger partial charge is 0.444 e. The number of primary amides is 1. The van der Waals surface area contributed by atoms with E-state index >= 15 is 0 Å². The second-order valence-electron chi connectivity index (χ2n) is 5.42. The van der Waals surface area contributed by atoms with Crippen molar-refractivity contribution in [1.29, 1.82) is 0 Å². The average Bonchev–Trinajstić information content (AvgIpc) is 2.53. The molecule has 4 N–H and O–H groups in total. The summed E-state index contributed by atoms with van der Waals surface area (Å²) in [6, 6.07) is 8.97. The molecular weight excluding hydrogens is 353 g/mol. The van der Waals surface area contributed by atoms with Gasteiger partial charge in [-0.1, -0.05) is 24.3 Å². The lowest BCUT2D eigenvalue weighted by molar-refractivity contribution is -0.255. The van der Waals surface area contributed by atoms with Gasteiger partial charge in [-0.3, -0.25) is 0 Å². The number of aliphatic carboxylic acids is 1. The second-order valence-corrected chi connectivity index (χ2v) is 5.42. The van der Waals surface area contributed by atoms with Crippen molar-refractivity contribution in [3.05, 3.63) is 59.7 Å². The molecule has 2 aromatic carbocycles. The normalized spacial score (nSPS) is 13.5. The zero-order valence-electron chi connectivity index (χ0n) is 13.5. The predicted octanol–water partition coefficient (Wildman–Crippen LogP) is 3.41. The van der Waals surface area contributed by atoms with E-state index in [1.54, 1.807) is 6.07 Å². The zero-order valence-corrected chi connectivity index (χ0v) is 13.5. The van der Waals surface area contributed by atoms with Crippen LogP contribution < -0.4 is 15.8 Å². The van der Waals surface area contributed by atoms with Crippen LogP contribution in [0.15, 0.2) is 48.5 Å². The quantitative estimate of drug-likeness (QED) is 0.753. The molecule has 0 heterocycles. The maximum atomic E-state index is 13.8. The number of rotatable bonds is 5. The molecule has 26 heavy (non-hydrogen) atoms. The van der Waals surface area contributed by atoms with Crippen LogP contribution in [0.25, 0.3) is 0 Å². The van der Waals surface area contributed by atoms with Crippen molar-refractivity contribution < 1.29 is 32.6 Å². The van der Waals surface area contributed by atoms with Gasteiger partial charge in [-0.25, -0.2) is 9.59 Å². The van der Waals surface area contributed by atoms with Gasteiger partial charge < -0.3 is 20.9 Å². The number of carbonyl (C=O) groups is 2. The Morgan fingerprint density at radius 2 is 1.73 bits per heavy atom. The van der Waals surface area contributed by atoms with E-state index in [1.165, 1.54) is 31.2 Å². The van der Waals surface area contributed by atoms with Crippen LogP contribution in [0.5, 0.6) is 5.75 Å². The third-order valence-corrected chi connectivity index (χ3v) is 3.61. The highest BCUT2D eigenvalue weighted by molar-refractivity contribution is 5.89. The average molecular weight is 368 g/mol. The first kappa shape index (κ1) is 19.1. The fraction of sp³-hybridized carbons (Fsp3) is 0.176. The Morgan fingerprint density at radius 1 is 1.12 bits per heavy atom.